The van der Waals surface area contributed by atoms with Crippen molar-refractivity contribution in [2.75, 3.05) is 12.8 Å². The average molecular weight is 291 g/mol. The largest absolute Gasteiger partial charge is 0.317 e. The number of fused-ring (bicyclic) bond motifs is 1. The second kappa shape index (κ2) is 6.40. The van der Waals surface area contributed by atoms with Crippen molar-refractivity contribution in [3.63, 3.8) is 0 Å². The van der Waals surface area contributed by atoms with Gasteiger partial charge >= 0.3 is 0 Å². The fourth-order valence-electron chi connectivity index (χ4n) is 3.83. The van der Waals surface area contributed by atoms with E-state index in [1.807, 2.05) is 0 Å². The molecule has 0 heterocycles. The van der Waals surface area contributed by atoms with Crippen LogP contribution in [-0.2, 0) is 23.6 Å². The van der Waals surface area contributed by atoms with Crippen LogP contribution in [-0.4, -0.2) is 23.1 Å². The van der Waals surface area contributed by atoms with E-state index in [4.69, 9.17) is 0 Å². The lowest BCUT2D eigenvalue weighted by atomic mass is 10.0. The molecule has 20 heavy (non-hydrogen) atoms. The normalized spacial score (nSPS) is 26.6. The molecule has 3 heteroatoms. The molecule has 0 aliphatic heterocycles. The van der Waals surface area contributed by atoms with E-state index in [0.29, 0.717) is 6.04 Å². The summed E-state index contributed by atoms with van der Waals surface area (Å²) in [6.45, 7) is 0. The van der Waals surface area contributed by atoms with Gasteiger partial charge in [0.05, 0.1) is 10.8 Å². The monoisotopic (exact) mass is 291 g/mol. The molecule has 3 atom stereocenters. The Hall–Kier alpha value is -0.670. The molecule has 3 unspecified atom stereocenters. The number of nitrogens with one attached hydrogen (secondary N) is 1. The lowest BCUT2D eigenvalue weighted by Crippen LogP contribution is -2.29. The first kappa shape index (κ1) is 14.3. The third kappa shape index (κ3) is 2.99. The summed E-state index contributed by atoms with van der Waals surface area (Å²) in [5, 5.41) is 3.41. The molecular weight excluding hydrogens is 266 g/mol. The molecule has 110 valence electrons. The van der Waals surface area contributed by atoms with Gasteiger partial charge in [-0.1, -0.05) is 12.5 Å². The Balaban J connectivity index is 1.59. The SMILES string of the molecule is CNC1CCCC1CCS(=O)c1ccc2c(c1)CCC2. The van der Waals surface area contributed by atoms with Crippen LogP contribution in [0.2, 0.25) is 0 Å². The van der Waals surface area contributed by atoms with Gasteiger partial charge < -0.3 is 5.32 Å². The summed E-state index contributed by atoms with van der Waals surface area (Å²) in [5.41, 5.74) is 2.90. The van der Waals surface area contributed by atoms with Crippen LogP contribution >= 0.6 is 0 Å². The van der Waals surface area contributed by atoms with Gasteiger partial charge in [-0.25, -0.2) is 0 Å². The first-order valence-corrected chi connectivity index (χ1v) is 9.27. The Morgan fingerprint density at radius 3 is 2.90 bits per heavy atom. The molecule has 0 saturated heterocycles. The fourth-order valence-corrected chi connectivity index (χ4v) is 5.07. The van der Waals surface area contributed by atoms with E-state index in [1.54, 1.807) is 0 Å². The van der Waals surface area contributed by atoms with Gasteiger partial charge in [-0.3, -0.25) is 4.21 Å². The van der Waals surface area contributed by atoms with Crippen LogP contribution < -0.4 is 5.32 Å². The molecule has 0 amide bonds. The van der Waals surface area contributed by atoms with Crippen LogP contribution in [0.1, 0.15) is 43.2 Å². The quantitative estimate of drug-likeness (QED) is 0.903. The molecule has 0 spiro atoms. The van der Waals surface area contributed by atoms with Gasteiger partial charge in [0.2, 0.25) is 0 Å². The first-order valence-electron chi connectivity index (χ1n) is 7.95. The summed E-state index contributed by atoms with van der Waals surface area (Å²) in [6, 6.07) is 7.13. The second-order valence-corrected chi connectivity index (χ2v) is 7.78. The molecule has 0 aromatic heterocycles. The Morgan fingerprint density at radius 2 is 2.05 bits per heavy atom. The summed E-state index contributed by atoms with van der Waals surface area (Å²) >= 11 is 0. The zero-order valence-corrected chi connectivity index (χ0v) is 13.2. The lowest BCUT2D eigenvalue weighted by molar-refractivity contribution is 0.416. The predicted molar refractivity (Wildman–Crippen MR) is 84.5 cm³/mol. The van der Waals surface area contributed by atoms with Gasteiger partial charge in [0, 0.05) is 16.7 Å². The fraction of sp³-hybridized carbons (Fsp3) is 0.647. The van der Waals surface area contributed by atoms with Gasteiger partial charge in [0.25, 0.3) is 0 Å². The highest BCUT2D eigenvalue weighted by molar-refractivity contribution is 7.85. The van der Waals surface area contributed by atoms with Gasteiger partial charge in [-0.15, -0.1) is 0 Å². The van der Waals surface area contributed by atoms with Crippen molar-refractivity contribution in [3.8, 4) is 0 Å². The van der Waals surface area contributed by atoms with Crippen LogP contribution in [0.5, 0.6) is 0 Å². The number of rotatable bonds is 5. The molecule has 1 fully saturated rings. The van der Waals surface area contributed by atoms with Gasteiger partial charge in [0.15, 0.2) is 0 Å². The molecular formula is C17H25NOS. The van der Waals surface area contributed by atoms with Crippen LogP contribution in [0.15, 0.2) is 23.1 Å². The van der Waals surface area contributed by atoms with Crippen molar-refractivity contribution in [2.24, 2.45) is 5.92 Å². The van der Waals surface area contributed by atoms with Crippen LogP contribution in [0.3, 0.4) is 0 Å². The third-order valence-corrected chi connectivity index (χ3v) is 6.42. The smallest absolute Gasteiger partial charge is 0.0529 e. The summed E-state index contributed by atoms with van der Waals surface area (Å²) in [6.07, 6.45) is 8.63. The van der Waals surface area contributed by atoms with E-state index < -0.39 is 10.8 Å². The van der Waals surface area contributed by atoms with E-state index in [2.05, 4.69) is 30.6 Å². The molecule has 2 nitrogen and oxygen atoms in total. The molecule has 0 bridgehead atoms. The molecule has 1 N–H and O–H groups in total. The number of benzene rings is 1. The standard InChI is InChI=1S/C17H25NOS/c1-18-17-7-3-5-14(17)10-11-20(19)16-9-8-13-4-2-6-15(13)12-16/h8-9,12,14,17-18H,2-7,10-11H2,1H3. The van der Waals surface area contributed by atoms with E-state index in [0.717, 1.165) is 23.0 Å². The molecule has 0 radical (unpaired) electrons. The molecule has 2 aliphatic carbocycles. The zero-order chi connectivity index (χ0) is 13.9. The Kier molecular flexibility index (Phi) is 4.57. The van der Waals surface area contributed by atoms with Crippen LogP contribution in [0.25, 0.3) is 0 Å². The van der Waals surface area contributed by atoms with Crippen molar-refractivity contribution >= 4 is 10.8 Å². The van der Waals surface area contributed by atoms with Crippen molar-refractivity contribution in [2.45, 2.75) is 55.9 Å². The molecule has 1 saturated carbocycles. The number of hydrogen-bond donors (Lipinski definition) is 1. The molecule has 2 aliphatic rings. The van der Waals surface area contributed by atoms with E-state index in [1.165, 1.54) is 49.7 Å². The average Bonchev–Trinajstić information content (AvgIpc) is 3.12. The van der Waals surface area contributed by atoms with Gasteiger partial charge in [0.1, 0.15) is 0 Å². The third-order valence-electron chi connectivity index (χ3n) is 5.04. The zero-order valence-electron chi connectivity index (χ0n) is 12.4. The van der Waals surface area contributed by atoms with Crippen molar-refractivity contribution in [1.82, 2.24) is 5.32 Å². The summed E-state index contributed by atoms with van der Waals surface area (Å²) in [4.78, 5) is 1.05. The second-order valence-electron chi connectivity index (χ2n) is 6.21. The minimum Gasteiger partial charge on any atom is -0.317 e. The lowest BCUT2D eigenvalue weighted by Gasteiger charge is -2.18. The number of hydrogen-bond acceptors (Lipinski definition) is 2. The Labute approximate surface area is 124 Å². The summed E-state index contributed by atoms with van der Waals surface area (Å²) in [7, 11) is 1.24. The maximum Gasteiger partial charge on any atom is 0.0529 e. The van der Waals surface area contributed by atoms with Crippen molar-refractivity contribution in [3.05, 3.63) is 29.3 Å². The minimum absolute atomic E-state index is 0.645. The maximum atomic E-state index is 12.5. The summed E-state index contributed by atoms with van der Waals surface area (Å²) in [5.74, 6) is 1.54. The van der Waals surface area contributed by atoms with Gasteiger partial charge in [-0.2, -0.15) is 0 Å². The van der Waals surface area contributed by atoms with E-state index in [9.17, 15) is 4.21 Å². The molecule has 1 aromatic carbocycles. The summed E-state index contributed by atoms with van der Waals surface area (Å²) < 4.78 is 12.5. The van der Waals surface area contributed by atoms with E-state index in [-0.39, 0.29) is 0 Å². The maximum absolute atomic E-state index is 12.5. The van der Waals surface area contributed by atoms with Crippen molar-refractivity contribution in [1.29, 1.82) is 0 Å². The predicted octanol–water partition coefficient (Wildman–Crippen LogP) is 3.06. The van der Waals surface area contributed by atoms with Crippen molar-refractivity contribution < 1.29 is 4.21 Å². The number of aryl methyl sites for hydroxylation is 2. The van der Waals surface area contributed by atoms with Gasteiger partial charge in [-0.05, 0) is 74.8 Å². The van der Waals surface area contributed by atoms with Crippen LogP contribution in [0.4, 0.5) is 0 Å². The topological polar surface area (TPSA) is 29.1 Å². The van der Waals surface area contributed by atoms with E-state index >= 15 is 0 Å². The van der Waals surface area contributed by atoms with Crippen LogP contribution in [0, 0.1) is 5.92 Å². The minimum atomic E-state index is -0.816. The highest BCUT2D eigenvalue weighted by Crippen LogP contribution is 2.29. The Bertz CT molecular complexity index is 500. The molecule has 1 aromatic rings. The molecule has 3 rings (SSSR count). The highest BCUT2D eigenvalue weighted by Gasteiger charge is 2.26. The highest BCUT2D eigenvalue weighted by atomic mass is 32.2. The first-order chi connectivity index (χ1) is 9.78. The Morgan fingerprint density at radius 1 is 1.20 bits per heavy atom.